The average Bonchev–Trinajstić information content (AvgIpc) is 2.56. The van der Waals surface area contributed by atoms with Crippen LogP contribution in [0, 0.1) is 0 Å². The van der Waals surface area contributed by atoms with Crippen molar-refractivity contribution in [3.8, 4) is 27.9 Å². The first kappa shape index (κ1) is 11.7. The van der Waals surface area contributed by atoms with Crippen molar-refractivity contribution in [3.63, 3.8) is 0 Å². The highest BCUT2D eigenvalue weighted by Crippen LogP contribution is 2.44. The largest absolute Gasteiger partial charge is 0.309 e. The Kier molecular flexibility index (Phi) is 2.28. The van der Waals surface area contributed by atoms with E-state index < -0.39 is 268 Å². The molecule has 0 fully saturated rings. The van der Waals surface area contributed by atoms with Crippen LogP contribution in [0.5, 0.6) is 0 Å². The lowest BCUT2D eigenvalue weighted by Crippen LogP contribution is -1.93. The van der Waals surface area contributed by atoms with Crippen LogP contribution in [-0.4, -0.2) is 4.57 Å². The maximum absolute atomic E-state index is 10.2. The highest BCUT2D eigenvalue weighted by molar-refractivity contribution is 6.27. The smallest absolute Gasteiger partial charge is 0.0645 e. The van der Waals surface area contributed by atoms with E-state index in [1.54, 1.807) is 0 Å². The molecule has 0 bridgehead atoms. The molecule has 1 heterocycles. The fraction of sp³-hybridized carbons (Fsp3) is 0. The van der Waals surface area contributed by atoms with Gasteiger partial charge < -0.3 is 4.57 Å². The summed E-state index contributed by atoms with van der Waals surface area (Å²) in [5.74, 6) is 0. The zero-order valence-electron chi connectivity index (χ0n) is 54.4. The molecule has 1 heteroatoms. The van der Waals surface area contributed by atoms with E-state index in [9.17, 15) is 19.2 Å². The maximum Gasteiger partial charge on any atom is 0.0645 e. The quantitative estimate of drug-likeness (QED) is 0.165. The van der Waals surface area contributed by atoms with Crippen molar-refractivity contribution in [1.82, 2.24) is 4.57 Å². The topological polar surface area (TPSA) is 4.93 Å². The summed E-state index contributed by atoms with van der Waals surface area (Å²) in [6.07, 6.45) is 0. The lowest BCUT2D eigenvalue weighted by molar-refractivity contribution is 1.18. The van der Waals surface area contributed by atoms with Crippen molar-refractivity contribution < 1.29 is 39.8 Å². The van der Waals surface area contributed by atoms with Crippen LogP contribution >= 0.6 is 0 Å². The zero-order valence-corrected chi connectivity index (χ0v) is 25.4. The summed E-state index contributed by atoms with van der Waals surface area (Å²) in [4.78, 5) is 0. The molecule has 51 heavy (non-hydrogen) atoms. The molecule has 0 spiro atoms. The lowest BCUT2D eigenvalue weighted by Gasteiger charge is -2.14. The molecule has 0 radical (unpaired) electrons. The van der Waals surface area contributed by atoms with Gasteiger partial charge in [-0.2, -0.15) is 0 Å². The number of hydrogen-bond acceptors (Lipinski definition) is 0. The number of hydrogen-bond donors (Lipinski definition) is 0. The monoisotopic (exact) mass is 672 g/mol. The van der Waals surface area contributed by atoms with Crippen LogP contribution in [-0.2, 0) is 0 Å². The predicted molar refractivity (Wildman–Crippen MR) is 219 cm³/mol. The summed E-state index contributed by atoms with van der Waals surface area (Å²) in [5.41, 5.74) is -5.24. The molecular weight excluding hydrogens is 615 g/mol. The van der Waals surface area contributed by atoms with Crippen LogP contribution in [0.3, 0.4) is 0 Å². The lowest BCUT2D eigenvalue weighted by atomic mass is 9.89. The van der Waals surface area contributed by atoms with Gasteiger partial charge in [0.05, 0.1) is 50.8 Å². The number of rotatable bonds is 3. The average molecular weight is 673 g/mol. The summed E-state index contributed by atoms with van der Waals surface area (Å²) in [7, 11) is 0. The number of aromatic nitrogens is 1. The van der Waals surface area contributed by atoms with E-state index >= 15 is 0 Å². The molecule has 0 atom stereocenters. The molecule has 0 saturated carbocycles. The summed E-state index contributed by atoms with van der Waals surface area (Å²) in [6, 6.07) is -25.0. The summed E-state index contributed by atoms with van der Waals surface area (Å²) < 4.78 is 267. The Morgan fingerprint density at radius 3 is 1.20 bits per heavy atom. The number of nitrogens with zero attached hydrogens (tertiary/aromatic N) is 1. The third-order valence-corrected chi connectivity index (χ3v) is 9.12. The molecule has 1 aromatic heterocycles. The third-order valence-electron chi connectivity index (χ3n) is 9.12. The van der Waals surface area contributed by atoms with Gasteiger partial charge in [-0.25, -0.2) is 0 Å². The predicted octanol–water partition coefficient (Wildman–Crippen LogP) is 13.9. The molecule has 0 aliphatic carbocycles. The van der Waals surface area contributed by atoms with Crippen molar-refractivity contribution in [2.45, 2.75) is 0 Å². The molecule has 0 aliphatic rings. The van der Waals surface area contributed by atoms with Crippen molar-refractivity contribution in [2.24, 2.45) is 0 Å². The van der Waals surface area contributed by atoms with Crippen molar-refractivity contribution in [3.05, 3.63) is 175 Å². The molecule has 12 aromatic rings. The van der Waals surface area contributed by atoms with E-state index in [-0.39, 0.29) is 21.5 Å². The van der Waals surface area contributed by atoms with Crippen LogP contribution in [0.25, 0.3) is 114 Å². The van der Waals surface area contributed by atoms with Gasteiger partial charge in [0.25, 0.3) is 0 Å². The Morgan fingerprint density at radius 2 is 0.725 bits per heavy atom. The van der Waals surface area contributed by atoms with Crippen molar-refractivity contribution in [1.29, 1.82) is 0 Å². The molecule has 1 nitrogen and oxygen atoms in total. The number of para-hydroxylation sites is 1. The molecule has 0 unspecified atom stereocenters. The second-order valence-electron chi connectivity index (χ2n) is 11.8. The SMILES string of the molecule is [2H]c1c([2H])c([2H])c(-n2c3c([2H])c([2H])c(-c4c([2H])c([2H])c5c([2H])c([2H])c6c([2H])c([2H])c([2H])c7c([2H])c([2H])c4c5c67)c([2H])c3c3c([2H])c(-c4c([2H])c([2H])c5c([2H])c([2H])c6c([2H])c([2H])c([2H])c7c([2H])c([2H])c4c5c67)c([2H])c([2H])c32)c([2H])c1[2H]. The summed E-state index contributed by atoms with van der Waals surface area (Å²) in [6.45, 7) is 0. The standard InChI is InChI=1S/C50H29N/c1-2-10-38(11-3-1)51-45-26-20-36(39-22-16-34-14-12-30-6-4-8-32-18-24-41(39)49(34)47(30)32)28-43(45)44-29-37(21-27-46(44)51)40-23-17-35-15-13-31-7-5-9-33-19-25-42(40)50(35)48(31)33/h1-29H/i1D,2D,3D,4D,5D,6D,7D,8D,9D,10D,11D,12D,13D,14D,15D,16D,17D,18D,19D,20D,21D,22D,23D,24D,25D,26D,27D,28D,29D. The Morgan fingerprint density at radius 1 is 0.314 bits per heavy atom. The van der Waals surface area contributed by atoms with E-state index in [4.69, 9.17) is 20.6 Å². The zero-order chi connectivity index (χ0) is 58.4. The van der Waals surface area contributed by atoms with Gasteiger partial charge in [-0.15, -0.1) is 0 Å². The minimum absolute atomic E-state index is 0.298. The first-order chi connectivity index (χ1) is 37.4. The molecule has 12 rings (SSSR count). The number of benzene rings is 11. The Balaban J connectivity index is 1.36. The number of fused-ring (bicyclic) bond motifs is 3. The van der Waals surface area contributed by atoms with Crippen LogP contribution in [0.15, 0.2) is 175 Å². The summed E-state index contributed by atoms with van der Waals surface area (Å²) >= 11 is 0. The van der Waals surface area contributed by atoms with E-state index in [1.807, 2.05) is 0 Å². The van der Waals surface area contributed by atoms with Crippen LogP contribution in [0.1, 0.15) is 39.8 Å². The molecular formula is C50H29N. The van der Waals surface area contributed by atoms with Gasteiger partial charge in [-0.3, -0.25) is 0 Å². The van der Waals surface area contributed by atoms with E-state index in [0.717, 1.165) is 0 Å². The fourth-order valence-electron chi connectivity index (χ4n) is 6.94. The van der Waals surface area contributed by atoms with Gasteiger partial charge in [-0.1, -0.05) is 139 Å². The molecule has 0 N–H and O–H groups in total. The molecule has 234 valence electrons. The molecule has 11 aromatic carbocycles. The minimum atomic E-state index is -1.03. The first-order valence-electron chi connectivity index (χ1n) is 29.9. The van der Waals surface area contributed by atoms with Crippen molar-refractivity contribution in [2.75, 3.05) is 0 Å². The Bertz CT molecular complexity index is 4680. The third kappa shape index (κ3) is 3.70. The van der Waals surface area contributed by atoms with Gasteiger partial charge in [0.1, 0.15) is 0 Å². The Hall–Kier alpha value is -6.70. The summed E-state index contributed by atoms with van der Waals surface area (Å²) in [5, 5.41) is -6.41. The van der Waals surface area contributed by atoms with E-state index in [1.165, 1.54) is 0 Å². The van der Waals surface area contributed by atoms with Gasteiger partial charge >= 0.3 is 0 Å². The minimum Gasteiger partial charge on any atom is -0.309 e. The second kappa shape index (κ2) is 9.94. The van der Waals surface area contributed by atoms with Gasteiger partial charge in [0.2, 0.25) is 0 Å². The highest BCUT2D eigenvalue weighted by Gasteiger charge is 2.18. The van der Waals surface area contributed by atoms with Crippen molar-refractivity contribution >= 4 is 86.4 Å². The molecule has 0 saturated heterocycles. The van der Waals surface area contributed by atoms with Crippen LogP contribution in [0.4, 0.5) is 0 Å². The second-order valence-corrected chi connectivity index (χ2v) is 11.8. The normalized spacial score (nSPS) is 20.3. The van der Waals surface area contributed by atoms with E-state index in [2.05, 4.69) is 0 Å². The van der Waals surface area contributed by atoms with Gasteiger partial charge in [0.15, 0.2) is 0 Å². The molecule has 0 aliphatic heterocycles. The Labute approximate surface area is 334 Å². The van der Waals surface area contributed by atoms with Crippen LogP contribution < -0.4 is 0 Å². The van der Waals surface area contributed by atoms with E-state index in [0.29, 0.717) is 4.57 Å². The highest BCUT2D eigenvalue weighted by atomic mass is 15.0. The molecule has 0 amide bonds. The van der Waals surface area contributed by atoms with Gasteiger partial charge in [0, 0.05) is 16.5 Å². The first-order valence-corrected chi connectivity index (χ1v) is 15.4. The van der Waals surface area contributed by atoms with Gasteiger partial charge in [-0.05, 0) is 123 Å². The maximum atomic E-state index is 10.2. The fourth-order valence-corrected chi connectivity index (χ4v) is 6.94. The van der Waals surface area contributed by atoms with Crippen LogP contribution in [0.2, 0.25) is 0 Å².